The third-order valence-corrected chi connectivity index (χ3v) is 4.18. The predicted molar refractivity (Wildman–Crippen MR) is 104 cm³/mol. The molecule has 6 nitrogen and oxygen atoms in total. The summed E-state index contributed by atoms with van der Waals surface area (Å²) in [6, 6.07) is 14.0. The van der Waals surface area contributed by atoms with Crippen LogP contribution in [0.15, 0.2) is 53.1 Å². The second-order valence-electron chi connectivity index (χ2n) is 5.69. The Morgan fingerprint density at radius 2 is 1.96 bits per heavy atom. The van der Waals surface area contributed by atoms with Crippen LogP contribution in [0.3, 0.4) is 0 Å². The van der Waals surface area contributed by atoms with Gasteiger partial charge in [-0.3, -0.25) is 4.79 Å². The molecule has 0 saturated carbocycles. The van der Waals surface area contributed by atoms with E-state index in [1.165, 1.54) is 12.1 Å². The van der Waals surface area contributed by atoms with Gasteiger partial charge in [0.05, 0.1) is 24.1 Å². The highest BCUT2D eigenvalue weighted by Gasteiger charge is 2.28. The third-order valence-electron chi connectivity index (χ3n) is 3.92. The molecule has 2 aromatic carbocycles. The predicted octanol–water partition coefficient (Wildman–Crippen LogP) is 4.06. The van der Waals surface area contributed by atoms with Crippen molar-refractivity contribution in [2.75, 3.05) is 18.7 Å². The first-order valence-corrected chi connectivity index (χ1v) is 8.46. The number of hydrazone groups is 1. The zero-order valence-corrected chi connectivity index (χ0v) is 15.5. The van der Waals surface area contributed by atoms with Gasteiger partial charge in [-0.15, -0.1) is 0 Å². The average Bonchev–Trinajstić information content (AvgIpc) is 2.95. The summed E-state index contributed by atoms with van der Waals surface area (Å²) in [5.74, 6) is 0.722. The molecule has 0 unspecified atom stereocenters. The van der Waals surface area contributed by atoms with Crippen molar-refractivity contribution in [3.63, 3.8) is 0 Å². The number of amides is 1. The van der Waals surface area contributed by atoms with Gasteiger partial charge in [-0.2, -0.15) is 15.4 Å². The van der Waals surface area contributed by atoms with E-state index < -0.39 is 0 Å². The minimum absolute atomic E-state index is 0.0723. The van der Waals surface area contributed by atoms with Crippen LogP contribution in [0.25, 0.3) is 6.08 Å². The van der Waals surface area contributed by atoms with Crippen molar-refractivity contribution in [2.24, 2.45) is 5.10 Å². The molecule has 1 aliphatic heterocycles. The monoisotopic (exact) mass is 381 g/mol. The largest absolute Gasteiger partial charge is 0.493 e. The van der Waals surface area contributed by atoms with Crippen LogP contribution in [0, 0.1) is 11.3 Å². The number of nitrogens with zero attached hydrogens (tertiary/aromatic N) is 3. The molecule has 0 bridgehead atoms. The Bertz CT molecular complexity index is 975. The lowest BCUT2D eigenvalue weighted by atomic mass is 10.1. The second kappa shape index (κ2) is 7.94. The second-order valence-corrected chi connectivity index (χ2v) is 6.13. The lowest BCUT2D eigenvalue weighted by molar-refractivity contribution is -0.114. The number of methoxy groups -OCH3 is 1. The molecule has 0 radical (unpaired) electrons. The lowest BCUT2D eigenvalue weighted by Gasteiger charge is -2.12. The molecule has 27 heavy (non-hydrogen) atoms. The Hall–Kier alpha value is -3.30. The number of nitriles is 1. The van der Waals surface area contributed by atoms with E-state index in [1.807, 2.05) is 6.07 Å². The molecule has 136 valence electrons. The summed E-state index contributed by atoms with van der Waals surface area (Å²) in [7, 11) is 1.52. The van der Waals surface area contributed by atoms with E-state index in [0.717, 1.165) is 5.56 Å². The number of carbonyl (C=O) groups excluding carboxylic acids is 1. The molecule has 1 amide bonds. The molecule has 1 aliphatic rings. The van der Waals surface area contributed by atoms with Gasteiger partial charge in [-0.1, -0.05) is 17.7 Å². The van der Waals surface area contributed by atoms with E-state index in [4.69, 9.17) is 26.3 Å². The smallest absolute Gasteiger partial charge is 0.280 e. The Balaban J connectivity index is 1.89. The van der Waals surface area contributed by atoms with Crippen LogP contribution in [0.5, 0.6) is 11.5 Å². The zero-order valence-electron chi connectivity index (χ0n) is 14.8. The number of halogens is 1. The molecule has 0 atom stereocenters. The molecular formula is C20H16ClN3O3. The number of hydrogen-bond acceptors (Lipinski definition) is 5. The number of hydrogen-bond donors (Lipinski definition) is 0. The molecule has 3 rings (SSSR count). The number of rotatable bonds is 5. The molecule has 0 N–H and O–H groups in total. The van der Waals surface area contributed by atoms with Gasteiger partial charge < -0.3 is 9.47 Å². The summed E-state index contributed by atoms with van der Waals surface area (Å²) < 4.78 is 10.6. The van der Waals surface area contributed by atoms with Crippen LogP contribution in [0.1, 0.15) is 12.5 Å². The van der Waals surface area contributed by atoms with Crippen LogP contribution in [0.2, 0.25) is 5.02 Å². The van der Waals surface area contributed by atoms with Crippen LogP contribution in [-0.4, -0.2) is 25.3 Å². The molecule has 0 saturated heterocycles. The van der Waals surface area contributed by atoms with Crippen molar-refractivity contribution in [3.05, 3.63) is 58.6 Å². The van der Waals surface area contributed by atoms with E-state index in [-0.39, 0.29) is 12.5 Å². The molecule has 1 heterocycles. The molecule has 0 spiro atoms. The summed E-state index contributed by atoms with van der Waals surface area (Å²) in [5.41, 5.74) is 2.49. The standard InChI is InChI=1S/C20H16ClN3O3/c1-13-17(20(25)24(23-13)16-6-4-15(21)5-7-16)11-14-3-8-18(27-10-9-22)19(12-14)26-2/h3-8,11-12H,10H2,1-2H3/b17-11-. The van der Waals surface area contributed by atoms with Crippen LogP contribution in [-0.2, 0) is 4.79 Å². The average molecular weight is 382 g/mol. The minimum atomic E-state index is -0.224. The number of anilines is 1. The fourth-order valence-electron chi connectivity index (χ4n) is 2.61. The van der Waals surface area contributed by atoms with E-state index >= 15 is 0 Å². The highest BCUT2D eigenvalue weighted by molar-refractivity contribution is 6.32. The SMILES string of the molecule is COc1cc(/C=C2\C(=O)N(c3ccc(Cl)cc3)N=C2C)ccc1OCC#N. The highest BCUT2D eigenvalue weighted by Crippen LogP contribution is 2.30. The summed E-state index contributed by atoms with van der Waals surface area (Å²) in [4.78, 5) is 12.8. The van der Waals surface area contributed by atoms with E-state index in [0.29, 0.717) is 33.5 Å². The zero-order chi connectivity index (χ0) is 19.4. The van der Waals surface area contributed by atoms with Crippen LogP contribution < -0.4 is 14.5 Å². The summed E-state index contributed by atoms with van der Waals surface area (Å²) in [6.45, 7) is 1.71. The van der Waals surface area contributed by atoms with E-state index in [2.05, 4.69) is 5.10 Å². The van der Waals surface area contributed by atoms with Crippen molar-refractivity contribution in [1.29, 1.82) is 5.26 Å². The molecule has 0 aliphatic carbocycles. The first-order chi connectivity index (χ1) is 13.0. The molecule has 0 aromatic heterocycles. The molecule has 0 fully saturated rings. The number of benzene rings is 2. The summed E-state index contributed by atoms with van der Waals surface area (Å²) in [5, 5.41) is 14.9. The molecular weight excluding hydrogens is 366 g/mol. The Labute approximate surface area is 161 Å². The maximum atomic E-state index is 12.8. The van der Waals surface area contributed by atoms with Gasteiger partial charge in [-0.05, 0) is 55.0 Å². The van der Waals surface area contributed by atoms with Crippen molar-refractivity contribution in [3.8, 4) is 17.6 Å². The first-order valence-electron chi connectivity index (χ1n) is 8.08. The van der Waals surface area contributed by atoms with Gasteiger partial charge >= 0.3 is 0 Å². The van der Waals surface area contributed by atoms with E-state index in [1.54, 1.807) is 55.5 Å². The Morgan fingerprint density at radius 1 is 1.22 bits per heavy atom. The van der Waals surface area contributed by atoms with Gasteiger partial charge in [0.2, 0.25) is 0 Å². The van der Waals surface area contributed by atoms with Gasteiger partial charge in [-0.25, -0.2) is 0 Å². The summed E-state index contributed by atoms with van der Waals surface area (Å²) >= 11 is 5.90. The quantitative estimate of drug-likeness (QED) is 0.732. The molecule has 2 aromatic rings. The van der Waals surface area contributed by atoms with Gasteiger partial charge in [0.1, 0.15) is 6.07 Å². The fraction of sp³-hybridized carbons (Fsp3) is 0.150. The van der Waals surface area contributed by atoms with Gasteiger partial charge in [0.15, 0.2) is 18.1 Å². The van der Waals surface area contributed by atoms with Crippen molar-refractivity contribution >= 4 is 35.0 Å². The molecule has 7 heteroatoms. The topological polar surface area (TPSA) is 74.9 Å². The first kappa shape index (κ1) is 18.5. The number of ether oxygens (including phenoxy) is 2. The van der Waals surface area contributed by atoms with E-state index in [9.17, 15) is 4.79 Å². The highest BCUT2D eigenvalue weighted by atomic mass is 35.5. The third kappa shape index (κ3) is 3.94. The van der Waals surface area contributed by atoms with Crippen molar-refractivity contribution < 1.29 is 14.3 Å². The van der Waals surface area contributed by atoms with Crippen LogP contribution in [0.4, 0.5) is 5.69 Å². The Morgan fingerprint density at radius 3 is 2.63 bits per heavy atom. The maximum Gasteiger partial charge on any atom is 0.280 e. The lowest BCUT2D eigenvalue weighted by Crippen LogP contribution is -2.21. The van der Waals surface area contributed by atoms with Gasteiger partial charge in [0, 0.05) is 5.02 Å². The van der Waals surface area contributed by atoms with Crippen LogP contribution >= 0.6 is 11.6 Å². The normalized spacial score (nSPS) is 14.9. The fourth-order valence-corrected chi connectivity index (χ4v) is 2.74. The minimum Gasteiger partial charge on any atom is -0.493 e. The maximum absolute atomic E-state index is 12.8. The van der Waals surface area contributed by atoms with Crippen molar-refractivity contribution in [1.82, 2.24) is 0 Å². The van der Waals surface area contributed by atoms with Gasteiger partial charge in [0.25, 0.3) is 5.91 Å². The summed E-state index contributed by atoms with van der Waals surface area (Å²) in [6.07, 6.45) is 1.74. The Kier molecular flexibility index (Phi) is 5.43. The number of carbonyl (C=O) groups is 1. The van der Waals surface area contributed by atoms with Crippen molar-refractivity contribution in [2.45, 2.75) is 6.92 Å².